The maximum Gasteiger partial charge on any atom is 0.329 e. The highest BCUT2D eigenvalue weighted by Gasteiger charge is 2.23. The van der Waals surface area contributed by atoms with Crippen LogP contribution in [0.5, 0.6) is 0 Å². The van der Waals surface area contributed by atoms with Crippen LogP contribution in [0.15, 0.2) is 30.5 Å². The van der Waals surface area contributed by atoms with Gasteiger partial charge in [-0.3, -0.25) is 10.1 Å². The molecule has 24 heavy (non-hydrogen) atoms. The van der Waals surface area contributed by atoms with Gasteiger partial charge in [-0.2, -0.15) is 4.98 Å². The van der Waals surface area contributed by atoms with E-state index in [1.165, 1.54) is 12.1 Å². The van der Waals surface area contributed by atoms with Gasteiger partial charge >= 0.3 is 5.69 Å². The van der Waals surface area contributed by atoms with Gasteiger partial charge in [0.1, 0.15) is 12.0 Å². The van der Waals surface area contributed by atoms with E-state index in [0.717, 1.165) is 11.8 Å². The van der Waals surface area contributed by atoms with Gasteiger partial charge in [0.05, 0.1) is 4.92 Å². The number of nitrogen functional groups attached to an aromatic ring is 1. The average molecular weight is 333 g/mol. The zero-order chi connectivity index (χ0) is 17.9. The molecule has 8 heteroatoms. The monoisotopic (exact) mass is 333 g/mol. The maximum atomic E-state index is 13.1. The first-order valence-electron chi connectivity index (χ1n) is 7.53. The Labute approximate surface area is 139 Å². The maximum absolute atomic E-state index is 13.1. The number of likely N-dealkylation sites (N-methyl/N-ethyl adjacent to an activating group) is 1. The van der Waals surface area contributed by atoms with Gasteiger partial charge < -0.3 is 10.6 Å². The summed E-state index contributed by atoms with van der Waals surface area (Å²) in [5, 5.41) is 10.8. The molecule has 0 bridgehead atoms. The summed E-state index contributed by atoms with van der Waals surface area (Å²) in [4.78, 5) is 20.1. The second-order valence-electron chi connectivity index (χ2n) is 5.95. The summed E-state index contributed by atoms with van der Waals surface area (Å²) in [5.74, 6) is 0.125. The molecule has 2 rings (SSSR count). The predicted molar refractivity (Wildman–Crippen MR) is 90.2 cm³/mol. The number of benzene rings is 1. The molecule has 0 spiro atoms. The number of anilines is 2. The van der Waals surface area contributed by atoms with E-state index in [4.69, 9.17) is 5.73 Å². The molecule has 0 fully saturated rings. The molecule has 0 aliphatic heterocycles. The molecule has 2 N–H and O–H groups in total. The van der Waals surface area contributed by atoms with Crippen LogP contribution < -0.4 is 10.6 Å². The van der Waals surface area contributed by atoms with Gasteiger partial charge in [-0.15, -0.1) is 0 Å². The molecule has 1 heterocycles. The third-order valence-electron chi connectivity index (χ3n) is 3.92. The molecule has 1 atom stereocenters. The molecular weight excluding hydrogens is 313 g/mol. The third-order valence-corrected chi connectivity index (χ3v) is 3.92. The fourth-order valence-electron chi connectivity index (χ4n) is 2.52. The normalized spacial score (nSPS) is 12.2. The van der Waals surface area contributed by atoms with Crippen molar-refractivity contribution in [1.82, 2.24) is 9.97 Å². The van der Waals surface area contributed by atoms with E-state index >= 15 is 0 Å². The quantitative estimate of drug-likeness (QED) is 0.645. The molecule has 128 valence electrons. The zero-order valence-electron chi connectivity index (χ0n) is 13.8. The highest BCUT2D eigenvalue weighted by atomic mass is 19.1. The largest absolute Gasteiger partial charge is 0.378 e. The number of nitrogens with zero attached hydrogens (tertiary/aromatic N) is 4. The summed E-state index contributed by atoms with van der Waals surface area (Å²) >= 11 is 0. The lowest BCUT2D eigenvalue weighted by Crippen LogP contribution is -2.39. The first-order valence-corrected chi connectivity index (χ1v) is 7.53. The molecule has 0 aliphatic carbocycles. The van der Waals surface area contributed by atoms with Crippen molar-refractivity contribution in [3.05, 3.63) is 52.0 Å². The molecule has 0 radical (unpaired) electrons. The Morgan fingerprint density at radius 1 is 1.33 bits per heavy atom. The number of aromatic nitrogens is 2. The van der Waals surface area contributed by atoms with E-state index in [0.29, 0.717) is 12.4 Å². The Morgan fingerprint density at radius 2 is 1.96 bits per heavy atom. The minimum atomic E-state index is -0.614. The molecule has 0 saturated heterocycles. The van der Waals surface area contributed by atoms with E-state index in [1.807, 2.05) is 11.9 Å². The molecule has 0 saturated carbocycles. The first kappa shape index (κ1) is 17.6. The van der Waals surface area contributed by atoms with Crippen molar-refractivity contribution in [1.29, 1.82) is 0 Å². The van der Waals surface area contributed by atoms with Crippen molar-refractivity contribution in [3.63, 3.8) is 0 Å². The van der Waals surface area contributed by atoms with Crippen LogP contribution in [-0.4, -0.2) is 28.0 Å². The van der Waals surface area contributed by atoms with E-state index in [9.17, 15) is 14.5 Å². The molecule has 0 amide bonds. The lowest BCUT2D eigenvalue weighted by atomic mass is 9.95. The fraction of sp³-hybridized carbons (Fsp3) is 0.375. The van der Waals surface area contributed by atoms with Crippen molar-refractivity contribution < 1.29 is 9.31 Å². The van der Waals surface area contributed by atoms with E-state index in [2.05, 4.69) is 23.8 Å². The minimum absolute atomic E-state index is 0.0244. The molecule has 1 aromatic heterocycles. The standard InChI is InChI=1S/C16H20FN5O2/c1-10(2)13(8-11-4-6-12(17)7-5-11)21(3)16-19-9-14(22(23)24)15(18)20-16/h4-7,9-10,13H,8H2,1-3H3,(H2,18,19,20)/t13-/m0/s1. The van der Waals surface area contributed by atoms with Crippen molar-refractivity contribution in [2.45, 2.75) is 26.3 Å². The summed E-state index contributed by atoms with van der Waals surface area (Å²) in [7, 11) is 1.81. The van der Waals surface area contributed by atoms with Crippen LogP contribution in [0.4, 0.5) is 21.8 Å². The van der Waals surface area contributed by atoms with Crippen molar-refractivity contribution in [3.8, 4) is 0 Å². The Hall–Kier alpha value is -2.77. The third kappa shape index (κ3) is 3.95. The van der Waals surface area contributed by atoms with Gasteiger partial charge in [0.2, 0.25) is 11.8 Å². The van der Waals surface area contributed by atoms with Crippen LogP contribution in [-0.2, 0) is 6.42 Å². The van der Waals surface area contributed by atoms with E-state index in [1.54, 1.807) is 12.1 Å². The molecule has 2 aromatic rings. The summed E-state index contributed by atoms with van der Waals surface area (Å²) < 4.78 is 13.1. The van der Waals surface area contributed by atoms with Crippen molar-refractivity contribution in [2.75, 3.05) is 17.7 Å². The second kappa shape index (κ2) is 7.20. The van der Waals surface area contributed by atoms with Crippen molar-refractivity contribution in [2.24, 2.45) is 5.92 Å². The van der Waals surface area contributed by atoms with Gasteiger partial charge in [-0.1, -0.05) is 26.0 Å². The topological polar surface area (TPSA) is 98.2 Å². The molecule has 0 unspecified atom stereocenters. The number of nitrogens with two attached hydrogens (primary N) is 1. The average Bonchev–Trinajstić information content (AvgIpc) is 2.53. The minimum Gasteiger partial charge on any atom is -0.378 e. The van der Waals surface area contributed by atoms with Crippen LogP contribution >= 0.6 is 0 Å². The number of nitro groups is 1. The molecule has 7 nitrogen and oxygen atoms in total. The number of hydrogen-bond donors (Lipinski definition) is 1. The number of hydrogen-bond acceptors (Lipinski definition) is 6. The lowest BCUT2D eigenvalue weighted by molar-refractivity contribution is -0.384. The van der Waals surface area contributed by atoms with Crippen LogP contribution in [0.1, 0.15) is 19.4 Å². The number of rotatable bonds is 6. The zero-order valence-corrected chi connectivity index (χ0v) is 13.8. The fourth-order valence-corrected chi connectivity index (χ4v) is 2.52. The first-order chi connectivity index (χ1) is 11.3. The summed E-state index contributed by atoms with van der Waals surface area (Å²) in [5.41, 5.74) is 6.31. The van der Waals surface area contributed by atoms with Crippen LogP contribution in [0.25, 0.3) is 0 Å². The van der Waals surface area contributed by atoms with Gasteiger partial charge in [0.15, 0.2) is 0 Å². The Morgan fingerprint density at radius 3 is 2.46 bits per heavy atom. The highest BCUT2D eigenvalue weighted by Crippen LogP contribution is 2.24. The Bertz CT molecular complexity index is 721. The van der Waals surface area contributed by atoms with E-state index < -0.39 is 4.92 Å². The SMILES string of the molecule is CC(C)[C@H](Cc1ccc(F)cc1)N(C)c1ncc([N+](=O)[O-])c(N)n1. The summed E-state index contributed by atoms with van der Waals surface area (Å²) in [6.45, 7) is 4.11. The lowest BCUT2D eigenvalue weighted by Gasteiger charge is -2.31. The molecule has 1 aromatic carbocycles. The Kier molecular flexibility index (Phi) is 5.28. The summed E-state index contributed by atoms with van der Waals surface area (Å²) in [6.07, 6.45) is 1.78. The van der Waals surface area contributed by atoms with E-state index in [-0.39, 0.29) is 29.3 Å². The smallest absolute Gasteiger partial charge is 0.329 e. The van der Waals surface area contributed by atoms with Crippen LogP contribution in [0.3, 0.4) is 0 Å². The van der Waals surface area contributed by atoms with Gasteiger partial charge in [0, 0.05) is 13.1 Å². The van der Waals surface area contributed by atoms with Crippen molar-refractivity contribution >= 4 is 17.5 Å². The predicted octanol–water partition coefficient (Wildman–Crippen LogP) is 2.81. The second-order valence-corrected chi connectivity index (χ2v) is 5.95. The molecular formula is C16H20FN5O2. The number of halogens is 1. The van der Waals surface area contributed by atoms with Gasteiger partial charge in [-0.05, 0) is 30.0 Å². The molecule has 0 aliphatic rings. The van der Waals surface area contributed by atoms with Crippen LogP contribution in [0.2, 0.25) is 0 Å². The van der Waals surface area contributed by atoms with Crippen LogP contribution in [0, 0.1) is 21.8 Å². The van der Waals surface area contributed by atoms with Gasteiger partial charge in [0.25, 0.3) is 0 Å². The van der Waals surface area contributed by atoms with Gasteiger partial charge in [-0.25, -0.2) is 9.37 Å². The Balaban J connectivity index is 2.25. The highest BCUT2D eigenvalue weighted by molar-refractivity contribution is 5.53. The summed E-state index contributed by atoms with van der Waals surface area (Å²) in [6, 6.07) is 6.35.